The van der Waals surface area contributed by atoms with Gasteiger partial charge < -0.3 is 14.5 Å². The quantitative estimate of drug-likeness (QED) is 0.152. The molecule has 1 aliphatic rings. The highest BCUT2D eigenvalue weighted by Gasteiger charge is 2.26. The van der Waals surface area contributed by atoms with Gasteiger partial charge in [-0.05, 0) is 134 Å². The predicted octanol–water partition coefficient (Wildman–Crippen LogP) is 17.5. The van der Waals surface area contributed by atoms with Crippen LogP contribution in [-0.2, 0) is 0 Å². The average molecular weight is 841 g/mol. The molecule has 308 valence electrons. The molecule has 0 saturated heterocycles. The van der Waals surface area contributed by atoms with Crippen LogP contribution in [0.4, 0.5) is 42.9 Å². The van der Waals surface area contributed by atoms with Crippen LogP contribution in [0.1, 0.15) is 0 Å². The number of anilines is 6. The van der Waals surface area contributed by atoms with Crippen LogP contribution in [0.2, 0.25) is 0 Å². The van der Waals surface area contributed by atoms with Crippen molar-refractivity contribution in [2.75, 3.05) is 9.80 Å². The Balaban J connectivity index is 0.982. The van der Waals surface area contributed by atoms with Crippen LogP contribution in [-0.4, -0.2) is 0 Å². The molecule has 0 unspecified atom stereocenters. The van der Waals surface area contributed by atoms with Gasteiger partial charge in [-0.3, -0.25) is 0 Å². The van der Waals surface area contributed by atoms with Crippen molar-refractivity contribution in [3.8, 4) is 44.9 Å². The predicted molar refractivity (Wildman–Crippen MR) is 265 cm³/mol. The molecule has 0 spiro atoms. The van der Waals surface area contributed by atoms with Gasteiger partial charge in [0.05, 0.1) is 5.69 Å². The molecule has 1 aliphatic heterocycles. The van der Waals surface area contributed by atoms with Crippen LogP contribution < -0.4 is 14.5 Å². The van der Waals surface area contributed by atoms with E-state index in [-0.39, 0.29) is 11.6 Å². The van der Waals surface area contributed by atoms with Gasteiger partial charge >= 0.3 is 0 Å². The summed E-state index contributed by atoms with van der Waals surface area (Å²) in [6.45, 7) is 0. The van der Waals surface area contributed by atoms with E-state index in [0.29, 0.717) is 22.9 Å². The minimum absolute atomic E-state index is 0.324. The number of hydrogen-bond donors (Lipinski definition) is 0. The lowest BCUT2D eigenvalue weighted by molar-refractivity contribution is 0.487. The van der Waals surface area contributed by atoms with E-state index in [1.54, 1.807) is 24.3 Å². The number of fused-ring (bicyclic) bond motifs is 4. The minimum atomic E-state index is -0.329. The Hall–Kier alpha value is -8.54. The second-order valence-electron chi connectivity index (χ2n) is 16.4. The fourth-order valence-electron chi connectivity index (χ4n) is 9.64. The van der Waals surface area contributed by atoms with Gasteiger partial charge in [0.2, 0.25) is 0 Å². The van der Waals surface area contributed by atoms with Gasteiger partial charge in [-0.15, -0.1) is 0 Å². The Kier molecular flexibility index (Phi) is 9.20. The van der Waals surface area contributed by atoms with Gasteiger partial charge in [0, 0.05) is 50.8 Å². The number of hydrogen-bond acceptors (Lipinski definition) is 3. The van der Waals surface area contributed by atoms with Gasteiger partial charge in [-0.25, -0.2) is 8.78 Å². The summed E-state index contributed by atoms with van der Waals surface area (Å²) in [5.74, 6) is 0.744. The highest BCUT2D eigenvalue weighted by atomic mass is 19.1. The van der Waals surface area contributed by atoms with Crippen molar-refractivity contribution in [1.29, 1.82) is 0 Å². The first-order chi connectivity index (χ1) is 32.0. The maximum Gasteiger partial charge on any atom is 0.137 e. The summed E-state index contributed by atoms with van der Waals surface area (Å²) in [5, 5.41) is 6.23. The lowest BCUT2D eigenvalue weighted by Gasteiger charge is -2.30. The summed E-state index contributed by atoms with van der Waals surface area (Å²) in [4.78, 5) is 4.20. The largest absolute Gasteiger partial charge is 0.456 e. The van der Waals surface area contributed by atoms with E-state index in [4.69, 9.17) is 4.74 Å². The molecule has 11 aromatic rings. The minimum Gasteiger partial charge on any atom is -0.456 e. The zero-order valence-electron chi connectivity index (χ0n) is 35.0. The third-order valence-corrected chi connectivity index (χ3v) is 12.5. The molecule has 0 saturated carbocycles. The van der Waals surface area contributed by atoms with E-state index in [0.717, 1.165) is 88.4 Å². The Morgan fingerprint density at radius 1 is 0.308 bits per heavy atom. The summed E-state index contributed by atoms with van der Waals surface area (Å²) in [6, 6.07) is 75.9. The van der Waals surface area contributed by atoms with Crippen molar-refractivity contribution in [2.24, 2.45) is 0 Å². The monoisotopic (exact) mass is 840 g/mol. The van der Waals surface area contributed by atoms with Crippen LogP contribution in [0.5, 0.6) is 11.5 Å². The van der Waals surface area contributed by atoms with Gasteiger partial charge in [0.15, 0.2) is 0 Å². The van der Waals surface area contributed by atoms with Crippen LogP contribution >= 0.6 is 0 Å². The average Bonchev–Trinajstić information content (AvgIpc) is 3.34. The summed E-state index contributed by atoms with van der Waals surface area (Å²) in [5.41, 5.74) is 10.3. The number of rotatable bonds is 8. The molecule has 1 heterocycles. The standard InChI is InChI=1S/C60H38F2N2O/c61-43-32-41(52-24-11-16-39-14-7-9-22-50(39)52)34-48(36-43)63(45-18-3-1-4-19-45)47-28-29-54-55-30-31-57(56-26-13-27-58(60(55)56)65-59(54)38-47)64(46-20-5-2-6-21-46)49-35-42(33-44(62)37-49)53-25-12-17-40-15-8-10-23-51(40)53/h1-38H. The van der Waals surface area contributed by atoms with Crippen molar-refractivity contribution in [1.82, 2.24) is 0 Å². The molecule has 0 amide bonds. The van der Waals surface area contributed by atoms with E-state index in [2.05, 4.69) is 94.7 Å². The third-order valence-electron chi connectivity index (χ3n) is 12.5. The zero-order valence-corrected chi connectivity index (χ0v) is 35.0. The number of halogens is 2. The first-order valence-electron chi connectivity index (χ1n) is 21.7. The number of ether oxygens (including phenoxy) is 1. The molecule has 12 rings (SSSR count). The fraction of sp³-hybridized carbons (Fsp3) is 0. The van der Waals surface area contributed by atoms with Crippen molar-refractivity contribution in [3.63, 3.8) is 0 Å². The highest BCUT2D eigenvalue weighted by Crippen LogP contribution is 2.52. The molecular weight excluding hydrogens is 803 g/mol. The molecule has 0 N–H and O–H groups in total. The molecule has 11 aromatic carbocycles. The molecule has 65 heavy (non-hydrogen) atoms. The van der Waals surface area contributed by atoms with Crippen molar-refractivity contribution >= 4 is 66.4 Å². The van der Waals surface area contributed by atoms with E-state index >= 15 is 8.78 Å². The summed E-state index contributed by atoms with van der Waals surface area (Å²) in [6.07, 6.45) is 0. The molecule has 0 bridgehead atoms. The molecule has 3 nitrogen and oxygen atoms in total. The van der Waals surface area contributed by atoms with Crippen molar-refractivity contribution in [3.05, 3.63) is 242 Å². The Labute approximate surface area is 375 Å². The molecular formula is C60H38F2N2O. The lowest BCUT2D eigenvalue weighted by atomic mass is 9.92. The Morgan fingerprint density at radius 2 is 0.815 bits per heavy atom. The van der Waals surface area contributed by atoms with Gasteiger partial charge in [-0.1, -0.05) is 140 Å². The number of nitrogens with zero attached hydrogens (tertiary/aromatic N) is 2. The SMILES string of the molecule is Fc1cc(-c2cccc3ccccc23)cc(N(c2ccccc2)c2ccc3c(c2)Oc2cccc4c(N(c5ccccc5)c5cc(F)cc(-c6cccc7ccccc67)c5)ccc-3c24)c1. The fourth-order valence-corrected chi connectivity index (χ4v) is 9.64. The van der Waals surface area contributed by atoms with Crippen molar-refractivity contribution in [2.45, 2.75) is 0 Å². The summed E-state index contributed by atoms with van der Waals surface area (Å²) >= 11 is 0. The summed E-state index contributed by atoms with van der Waals surface area (Å²) in [7, 11) is 0. The first-order valence-corrected chi connectivity index (χ1v) is 21.7. The van der Waals surface area contributed by atoms with Gasteiger partial charge in [-0.2, -0.15) is 0 Å². The number of benzene rings is 11. The van der Waals surface area contributed by atoms with Crippen LogP contribution in [0, 0.1) is 11.6 Å². The second kappa shape index (κ2) is 15.7. The van der Waals surface area contributed by atoms with Crippen LogP contribution in [0.3, 0.4) is 0 Å². The number of para-hydroxylation sites is 2. The Morgan fingerprint density at radius 3 is 1.45 bits per heavy atom. The topological polar surface area (TPSA) is 15.7 Å². The van der Waals surface area contributed by atoms with Gasteiger partial charge in [0.25, 0.3) is 0 Å². The maximum atomic E-state index is 16.0. The van der Waals surface area contributed by atoms with E-state index in [9.17, 15) is 0 Å². The molecule has 0 aliphatic carbocycles. The molecule has 0 aromatic heterocycles. The van der Waals surface area contributed by atoms with Crippen LogP contribution in [0.25, 0.3) is 65.7 Å². The molecule has 5 heteroatoms. The van der Waals surface area contributed by atoms with Gasteiger partial charge in [0.1, 0.15) is 23.1 Å². The Bertz CT molecular complexity index is 3620. The third kappa shape index (κ3) is 6.73. The maximum absolute atomic E-state index is 16.0. The molecule has 0 atom stereocenters. The van der Waals surface area contributed by atoms with Crippen molar-refractivity contribution < 1.29 is 13.5 Å². The second-order valence-corrected chi connectivity index (χ2v) is 16.4. The van der Waals surface area contributed by atoms with Crippen LogP contribution in [0.15, 0.2) is 231 Å². The molecule has 0 fully saturated rings. The zero-order chi connectivity index (χ0) is 43.4. The normalized spacial score (nSPS) is 11.7. The summed E-state index contributed by atoms with van der Waals surface area (Å²) < 4.78 is 38.7. The molecule has 0 radical (unpaired) electrons. The van der Waals surface area contributed by atoms with E-state index in [1.807, 2.05) is 121 Å². The lowest BCUT2D eigenvalue weighted by Crippen LogP contribution is -2.12. The highest BCUT2D eigenvalue weighted by molar-refractivity contribution is 6.11. The smallest absolute Gasteiger partial charge is 0.137 e. The van der Waals surface area contributed by atoms with E-state index in [1.165, 1.54) is 0 Å². The van der Waals surface area contributed by atoms with E-state index < -0.39 is 0 Å². The first kappa shape index (κ1) is 38.2.